The van der Waals surface area contributed by atoms with Crippen molar-refractivity contribution in [3.05, 3.63) is 46.2 Å². The number of hydrogen-bond donors (Lipinski definition) is 2. The lowest BCUT2D eigenvalue weighted by Crippen LogP contribution is -2.23. The van der Waals surface area contributed by atoms with Crippen LogP contribution in [0.2, 0.25) is 0 Å². The van der Waals surface area contributed by atoms with Gasteiger partial charge in [-0.3, -0.25) is 15.0 Å². The van der Waals surface area contributed by atoms with Gasteiger partial charge in [0.25, 0.3) is 0 Å². The standard InChI is InChI=1S/C13H13N3O2S/c1-9(17)10-2-4-11(5-3-10)15-12(18)8-16-6-7-19-13(16)14/h2-7,14H,8H2,1H3,(H,15,18). The number of anilines is 1. The Bertz CT molecular complexity index is 655. The van der Waals surface area contributed by atoms with Crippen molar-refractivity contribution in [1.82, 2.24) is 4.57 Å². The smallest absolute Gasteiger partial charge is 0.244 e. The molecule has 5 nitrogen and oxygen atoms in total. The molecular weight excluding hydrogens is 262 g/mol. The molecule has 0 spiro atoms. The molecule has 0 aliphatic carbocycles. The molecule has 0 aliphatic heterocycles. The van der Waals surface area contributed by atoms with Crippen LogP contribution < -0.4 is 10.1 Å². The van der Waals surface area contributed by atoms with E-state index < -0.39 is 0 Å². The zero-order valence-electron chi connectivity index (χ0n) is 10.3. The Labute approximate surface area is 114 Å². The maximum atomic E-state index is 11.8. The number of amides is 1. The summed E-state index contributed by atoms with van der Waals surface area (Å²) < 4.78 is 1.56. The number of rotatable bonds is 4. The Morgan fingerprint density at radius 2 is 2.00 bits per heavy atom. The van der Waals surface area contributed by atoms with Gasteiger partial charge >= 0.3 is 0 Å². The molecule has 19 heavy (non-hydrogen) atoms. The molecule has 1 amide bonds. The van der Waals surface area contributed by atoms with Crippen molar-refractivity contribution in [2.45, 2.75) is 13.5 Å². The first-order valence-corrected chi connectivity index (χ1v) is 6.53. The highest BCUT2D eigenvalue weighted by Crippen LogP contribution is 2.10. The summed E-state index contributed by atoms with van der Waals surface area (Å²) in [6.07, 6.45) is 1.70. The van der Waals surface area contributed by atoms with Crippen LogP contribution in [0, 0.1) is 5.41 Å². The molecule has 0 saturated heterocycles. The quantitative estimate of drug-likeness (QED) is 0.836. The van der Waals surface area contributed by atoms with E-state index in [-0.39, 0.29) is 18.2 Å². The third-order valence-corrected chi connectivity index (χ3v) is 3.29. The number of nitrogens with one attached hydrogen (secondary N) is 2. The molecule has 2 rings (SSSR count). The molecule has 1 aromatic heterocycles. The molecule has 0 unspecified atom stereocenters. The normalized spacial score (nSPS) is 10.2. The fourth-order valence-electron chi connectivity index (χ4n) is 1.57. The molecule has 0 fully saturated rings. The average molecular weight is 275 g/mol. The zero-order valence-corrected chi connectivity index (χ0v) is 11.2. The zero-order chi connectivity index (χ0) is 13.8. The van der Waals surface area contributed by atoms with Crippen LogP contribution in [0.1, 0.15) is 17.3 Å². The number of thiazole rings is 1. The predicted molar refractivity (Wildman–Crippen MR) is 73.2 cm³/mol. The summed E-state index contributed by atoms with van der Waals surface area (Å²) in [4.78, 5) is 23.2. The van der Waals surface area contributed by atoms with Gasteiger partial charge in [0.15, 0.2) is 10.6 Å². The van der Waals surface area contributed by atoms with E-state index in [9.17, 15) is 9.59 Å². The first kappa shape index (κ1) is 13.2. The van der Waals surface area contributed by atoms with E-state index in [1.165, 1.54) is 18.3 Å². The molecule has 1 heterocycles. The second kappa shape index (κ2) is 5.62. The largest absolute Gasteiger partial charge is 0.325 e. The highest BCUT2D eigenvalue weighted by molar-refractivity contribution is 7.06. The van der Waals surface area contributed by atoms with Gasteiger partial charge in [-0.05, 0) is 31.2 Å². The number of carbonyl (C=O) groups is 2. The molecule has 0 aliphatic rings. The van der Waals surface area contributed by atoms with Crippen LogP contribution in [-0.4, -0.2) is 16.3 Å². The number of Topliss-reactive ketones (excluding diaryl/α,β-unsaturated/α-hetero) is 1. The lowest BCUT2D eigenvalue weighted by Gasteiger charge is -2.06. The fraction of sp³-hybridized carbons (Fsp3) is 0.154. The number of carbonyl (C=O) groups excluding carboxylic acids is 2. The first-order valence-electron chi connectivity index (χ1n) is 5.65. The van der Waals surface area contributed by atoms with Crippen LogP contribution >= 0.6 is 11.3 Å². The van der Waals surface area contributed by atoms with Crippen LogP contribution in [-0.2, 0) is 11.3 Å². The van der Waals surface area contributed by atoms with Gasteiger partial charge in [0, 0.05) is 22.8 Å². The van der Waals surface area contributed by atoms with Crippen molar-refractivity contribution in [2.24, 2.45) is 0 Å². The summed E-state index contributed by atoms with van der Waals surface area (Å²) in [5, 5.41) is 12.0. The van der Waals surface area contributed by atoms with E-state index in [1.807, 2.05) is 0 Å². The minimum Gasteiger partial charge on any atom is -0.325 e. The summed E-state index contributed by atoms with van der Waals surface area (Å²) in [6, 6.07) is 6.72. The Morgan fingerprint density at radius 1 is 1.32 bits per heavy atom. The second-order valence-electron chi connectivity index (χ2n) is 4.02. The van der Waals surface area contributed by atoms with Gasteiger partial charge in [0.1, 0.15) is 6.54 Å². The predicted octanol–water partition coefficient (Wildman–Crippen LogP) is 1.87. The van der Waals surface area contributed by atoms with Gasteiger partial charge in [0.05, 0.1) is 0 Å². The molecule has 6 heteroatoms. The van der Waals surface area contributed by atoms with Gasteiger partial charge in [-0.15, -0.1) is 11.3 Å². The third kappa shape index (κ3) is 3.38. The van der Waals surface area contributed by atoms with Gasteiger partial charge in [-0.1, -0.05) is 0 Å². The summed E-state index contributed by atoms with van der Waals surface area (Å²) in [7, 11) is 0. The van der Waals surface area contributed by atoms with E-state index in [2.05, 4.69) is 5.32 Å². The Balaban J connectivity index is 2.01. The fourth-order valence-corrected chi connectivity index (χ4v) is 2.17. The summed E-state index contributed by atoms with van der Waals surface area (Å²) >= 11 is 1.27. The average Bonchev–Trinajstić information content (AvgIpc) is 2.75. The molecule has 0 bridgehead atoms. The van der Waals surface area contributed by atoms with E-state index in [1.54, 1.807) is 40.4 Å². The lowest BCUT2D eigenvalue weighted by molar-refractivity contribution is -0.116. The van der Waals surface area contributed by atoms with Crippen molar-refractivity contribution in [2.75, 3.05) is 5.32 Å². The Morgan fingerprint density at radius 3 is 2.53 bits per heavy atom. The molecule has 0 radical (unpaired) electrons. The summed E-state index contributed by atoms with van der Waals surface area (Å²) in [6.45, 7) is 1.60. The number of nitrogens with zero attached hydrogens (tertiary/aromatic N) is 1. The van der Waals surface area contributed by atoms with Crippen LogP contribution in [0.4, 0.5) is 5.69 Å². The minimum absolute atomic E-state index is 0.00875. The summed E-state index contributed by atoms with van der Waals surface area (Å²) in [5.74, 6) is -0.210. The van der Waals surface area contributed by atoms with Crippen molar-refractivity contribution in [1.29, 1.82) is 5.41 Å². The van der Waals surface area contributed by atoms with Crippen LogP contribution in [0.5, 0.6) is 0 Å². The van der Waals surface area contributed by atoms with Crippen molar-refractivity contribution < 1.29 is 9.59 Å². The van der Waals surface area contributed by atoms with Crippen molar-refractivity contribution >= 4 is 28.7 Å². The van der Waals surface area contributed by atoms with E-state index in [0.717, 1.165) is 0 Å². The van der Waals surface area contributed by atoms with Gasteiger partial charge in [-0.25, -0.2) is 0 Å². The molecule has 1 aromatic carbocycles. The highest BCUT2D eigenvalue weighted by atomic mass is 32.1. The first-order chi connectivity index (χ1) is 9.06. The molecule has 0 saturated carbocycles. The third-order valence-electron chi connectivity index (χ3n) is 2.57. The van der Waals surface area contributed by atoms with Gasteiger partial charge < -0.3 is 9.88 Å². The van der Waals surface area contributed by atoms with Crippen LogP contribution in [0.3, 0.4) is 0 Å². The van der Waals surface area contributed by atoms with Gasteiger partial charge in [-0.2, -0.15) is 0 Å². The van der Waals surface area contributed by atoms with E-state index in [4.69, 9.17) is 5.41 Å². The van der Waals surface area contributed by atoms with Crippen LogP contribution in [0.15, 0.2) is 35.8 Å². The lowest BCUT2D eigenvalue weighted by atomic mass is 10.1. The topological polar surface area (TPSA) is 75.0 Å². The number of hydrogen-bond acceptors (Lipinski definition) is 4. The monoisotopic (exact) mass is 275 g/mol. The number of aromatic nitrogens is 1. The van der Waals surface area contributed by atoms with E-state index >= 15 is 0 Å². The van der Waals surface area contributed by atoms with Crippen molar-refractivity contribution in [3.63, 3.8) is 0 Å². The Kier molecular flexibility index (Phi) is 3.91. The maximum Gasteiger partial charge on any atom is 0.244 e. The number of ketones is 1. The summed E-state index contributed by atoms with van der Waals surface area (Å²) in [5.41, 5.74) is 1.25. The molecule has 0 atom stereocenters. The second-order valence-corrected chi connectivity index (χ2v) is 4.91. The van der Waals surface area contributed by atoms with E-state index in [0.29, 0.717) is 16.1 Å². The maximum absolute atomic E-state index is 11.8. The highest BCUT2D eigenvalue weighted by Gasteiger charge is 2.05. The molecular formula is C13H13N3O2S. The molecule has 2 aromatic rings. The Hall–Kier alpha value is -2.21. The minimum atomic E-state index is -0.201. The van der Waals surface area contributed by atoms with Crippen LogP contribution in [0.25, 0.3) is 0 Å². The molecule has 98 valence electrons. The molecule has 2 N–H and O–H groups in total. The SMILES string of the molecule is CC(=O)c1ccc(NC(=O)Cn2ccsc2=N)cc1. The van der Waals surface area contributed by atoms with Gasteiger partial charge in [0.2, 0.25) is 5.91 Å². The van der Waals surface area contributed by atoms with Crippen molar-refractivity contribution in [3.8, 4) is 0 Å². The number of benzene rings is 1.